The van der Waals surface area contributed by atoms with Gasteiger partial charge in [0.25, 0.3) is 0 Å². The molecule has 1 aliphatic carbocycles. The van der Waals surface area contributed by atoms with Gasteiger partial charge in [0.1, 0.15) is 6.29 Å². The van der Waals surface area contributed by atoms with Gasteiger partial charge >= 0.3 is 0 Å². The van der Waals surface area contributed by atoms with Crippen LogP contribution in [0.3, 0.4) is 0 Å². The van der Waals surface area contributed by atoms with Gasteiger partial charge in [-0.2, -0.15) is 0 Å². The molecule has 0 aromatic heterocycles. The van der Waals surface area contributed by atoms with Crippen molar-refractivity contribution in [2.45, 2.75) is 127 Å². The number of sulfonamides is 1. The lowest BCUT2D eigenvalue weighted by atomic mass is 9.65. The lowest BCUT2D eigenvalue weighted by molar-refractivity contribution is -0.159. The van der Waals surface area contributed by atoms with E-state index < -0.39 is 35.8 Å². The maximum atomic E-state index is 15.4. The molecular formula is C38H56Cl2N2O5SSi. The molecule has 1 unspecified atom stereocenters. The lowest BCUT2D eigenvalue weighted by Crippen LogP contribution is -2.59. The fourth-order valence-electron chi connectivity index (χ4n) is 8.70. The van der Waals surface area contributed by atoms with Gasteiger partial charge in [-0.1, -0.05) is 95.9 Å². The number of rotatable bonds is 17. The van der Waals surface area contributed by atoms with E-state index in [1.54, 1.807) is 7.05 Å². The Morgan fingerprint density at radius 2 is 1.59 bits per heavy atom. The quantitative estimate of drug-likeness (QED) is 0.119. The normalized spacial score (nSPS) is 22.8. The molecule has 1 amide bonds. The standard InChI is InChI=1S/C38H56Cl2N2O5SSi/c1-9-33(25-41(8)48(45,46)34-17-18-34)42-36(29-13-15-31(39)16-14-29)35(30-11-10-12-32(40)23-30)24-38(19-21-43,37(42)44)20-22-47-49(26(2)3,27(4)5)28(6)7/h10-16,21,23,26-28,33-36H,9,17-20,22,24-25H2,1-8H3/t33-,35?,36+,38-/m0/s1. The number of carbonyl (C=O) groups is 2. The molecule has 272 valence electrons. The molecule has 2 aliphatic rings. The van der Waals surface area contributed by atoms with Crippen LogP contribution in [0.15, 0.2) is 48.5 Å². The summed E-state index contributed by atoms with van der Waals surface area (Å²) in [6.45, 7) is 16.0. The largest absolute Gasteiger partial charge is 0.416 e. The minimum atomic E-state index is -3.49. The molecule has 2 aromatic carbocycles. The fourth-order valence-corrected chi connectivity index (χ4v) is 16.1. The van der Waals surface area contributed by atoms with Crippen LogP contribution in [0.25, 0.3) is 0 Å². The first-order valence-electron chi connectivity index (χ1n) is 17.9. The maximum Gasteiger partial charge on any atom is 0.230 e. The molecule has 1 aliphatic heterocycles. The summed E-state index contributed by atoms with van der Waals surface area (Å²) in [5.41, 5.74) is 1.92. The minimum absolute atomic E-state index is 0.0440. The molecule has 0 bridgehead atoms. The third kappa shape index (κ3) is 8.33. The van der Waals surface area contributed by atoms with Crippen molar-refractivity contribution in [3.63, 3.8) is 0 Å². The summed E-state index contributed by atoms with van der Waals surface area (Å²) in [7, 11) is -4.13. The lowest BCUT2D eigenvalue weighted by Gasteiger charge is -2.53. The van der Waals surface area contributed by atoms with Crippen LogP contribution in [0, 0.1) is 5.41 Å². The predicted octanol–water partition coefficient (Wildman–Crippen LogP) is 9.41. The van der Waals surface area contributed by atoms with Gasteiger partial charge in [-0.3, -0.25) is 4.79 Å². The number of hydrogen-bond acceptors (Lipinski definition) is 5. The molecule has 11 heteroatoms. The summed E-state index contributed by atoms with van der Waals surface area (Å²) >= 11 is 13.0. The van der Waals surface area contributed by atoms with E-state index in [1.807, 2.05) is 60.4 Å². The van der Waals surface area contributed by atoms with Crippen molar-refractivity contribution in [1.29, 1.82) is 0 Å². The average Bonchev–Trinajstić information content (AvgIpc) is 3.90. The van der Waals surface area contributed by atoms with E-state index in [2.05, 4.69) is 41.5 Å². The van der Waals surface area contributed by atoms with E-state index in [0.29, 0.717) is 65.4 Å². The van der Waals surface area contributed by atoms with Gasteiger partial charge in [0, 0.05) is 48.6 Å². The topological polar surface area (TPSA) is 84.0 Å². The second kappa shape index (κ2) is 16.3. The molecule has 4 rings (SSSR count). The SMILES string of the molecule is CC[C@@H](CN(C)S(=O)(=O)C1CC1)N1C(=O)[C@@](CC=O)(CCO[Si](C(C)C)(C(C)C)C(C)C)CC(c2cccc(Cl)c2)[C@H]1c1ccc(Cl)cc1. The van der Waals surface area contributed by atoms with Gasteiger partial charge < -0.3 is 14.1 Å². The second-order valence-electron chi connectivity index (χ2n) is 15.2. The van der Waals surface area contributed by atoms with Crippen LogP contribution < -0.4 is 0 Å². The Kier molecular flexibility index (Phi) is 13.3. The Hall–Kier alpha value is -1.75. The molecular weight excluding hydrogens is 695 g/mol. The van der Waals surface area contributed by atoms with Crippen molar-refractivity contribution in [3.05, 3.63) is 69.7 Å². The summed E-state index contributed by atoms with van der Waals surface area (Å²) in [6.07, 6.45) is 3.57. The van der Waals surface area contributed by atoms with Crippen LogP contribution in [0.4, 0.5) is 0 Å². The van der Waals surface area contributed by atoms with Crippen LogP contribution in [0.5, 0.6) is 0 Å². The Labute approximate surface area is 306 Å². The number of piperidine rings is 1. The number of halogens is 2. The van der Waals surface area contributed by atoms with Crippen molar-refractivity contribution in [1.82, 2.24) is 9.21 Å². The highest BCUT2D eigenvalue weighted by Crippen LogP contribution is 2.54. The van der Waals surface area contributed by atoms with E-state index in [0.717, 1.165) is 17.4 Å². The van der Waals surface area contributed by atoms with Gasteiger partial charge in [0.05, 0.1) is 16.7 Å². The summed E-state index contributed by atoms with van der Waals surface area (Å²) in [5, 5.41) is 0.806. The first-order chi connectivity index (χ1) is 23.0. The Morgan fingerprint density at radius 1 is 0.980 bits per heavy atom. The molecule has 0 spiro atoms. The fraction of sp³-hybridized carbons (Fsp3) is 0.632. The van der Waals surface area contributed by atoms with Crippen molar-refractivity contribution < 1.29 is 22.4 Å². The van der Waals surface area contributed by atoms with Gasteiger partial charge in [0.15, 0.2) is 8.32 Å². The number of nitrogens with zero attached hydrogens (tertiary/aromatic N) is 2. The smallest absolute Gasteiger partial charge is 0.230 e. The third-order valence-corrected chi connectivity index (χ3v) is 20.2. The zero-order valence-corrected chi connectivity index (χ0v) is 33.8. The second-order valence-corrected chi connectivity index (χ2v) is 23.9. The number of amides is 1. The van der Waals surface area contributed by atoms with Gasteiger partial charge in [-0.15, -0.1) is 0 Å². The first-order valence-corrected chi connectivity index (χ1v) is 22.3. The summed E-state index contributed by atoms with van der Waals surface area (Å²) in [5.74, 6) is -0.365. The average molecular weight is 752 g/mol. The number of aldehydes is 1. The molecule has 2 fully saturated rings. The molecule has 49 heavy (non-hydrogen) atoms. The van der Waals surface area contributed by atoms with E-state index in [9.17, 15) is 13.2 Å². The van der Waals surface area contributed by atoms with Gasteiger partial charge in [0.2, 0.25) is 15.9 Å². The molecule has 4 atom stereocenters. The minimum Gasteiger partial charge on any atom is -0.416 e. The maximum absolute atomic E-state index is 15.4. The van der Waals surface area contributed by atoms with Crippen LogP contribution in [-0.4, -0.2) is 69.6 Å². The predicted molar refractivity (Wildman–Crippen MR) is 203 cm³/mol. The van der Waals surface area contributed by atoms with Crippen LogP contribution in [0.1, 0.15) is 110 Å². The number of likely N-dealkylation sites (N-methyl/N-ethyl adjacent to an activating group) is 1. The highest BCUT2D eigenvalue weighted by Gasteiger charge is 2.54. The van der Waals surface area contributed by atoms with Crippen molar-refractivity contribution in [3.8, 4) is 0 Å². The molecule has 7 nitrogen and oxygen atoms in total. The van der Waals surface area contributed by atoms with Crippen molar-refractivity contribution in [2.24, 2.45) is 5.41 Å². The number of benzene rings is 2. The molecule has 1 saturated heterocycles. The number of hydrogen-bond donors (Lipinski definition) is 0. The van der Waals surface area contributed by atoms with Gasteiger partial charge in [-0.25, -0.2) is 12.7 Å². The monoisotopic (exact) mass is 750 g/mol. The Balaban J connectivity index is 1.87. The van der Waals surface area contributed by atoms with Crippen molar-refractivity contribution in [2.75, 3.05) is 20.2 Å². The van der Waals surface area contributed by atoms with Gasteiger partial charge in [-0.05, 0) is 84.1 Å². The van der Waals surface area contributed by atoms with Crippen LogP contribution in [-0.2, 0) is 24.0 Å². The Morgan fingerprint density at radius 3 is 2.10 bits per heavy atom. The van der Waals surface area contributed by atoms with Crippen LogP contribution in [0.2, 0.25) is 26.7 Å². The van der Waals surface area contributed by atoms with Crippen LogP contribution >= 0.6 is 23.2 Å². The highest BCUT2D eigenvalue weighted by molar-refractivity contribution is 7.90. The molecule has 0 radical (unpaired) electrons. The summed E-state index contributed by atoms with van der Waals surface area (Å²) in [4.78, 5) is 29.9. The number of carbonyl (C=O) groups excluding carboxylic acids is 2. The summed E-state index contributed by atoms with van der Waals surface area (Å²) in [6, 6.07) is 14.4. The molecule has 1 saturated carbocycles. The van der Waals surface area contributed by atoms with E-state index in [-0.39, 0.29) is 30.0 Å². The highest BCUT2D eigenvalue weighted by atomic mass is 35.5. The Bertz CT molecular complexity index is 1530. The molecule has 0 N–H and O–H groups in total. The van der Waals surface area contributed by atoms with Crippen molar-refractivity contribution >= 4 is 53.7 Å². The summed E-state index contributed by atoms with van der Waals surface area (Å²) < 4.78 is 35.2. The molecule has 2 aromatic rings. The number of likely N-dealkylation sites (tertiary alicyclic amines) is 1. The zero-order chi connectivity index (χ0) is 36.3. The molecule has 1 heterocycles. The first kappa shape index (κ1) is 40.0. The third-order valence-electron chi connectivity index (χ3n) is 11.3. The van der Waals surface area contributed by atoms with E-state index in [4.69, 9.17) is 27.6 Å². The van der Waals surface area contributed by atoms with E-state index in [1.165, 1.54) is 4.31 Å². The van der Waals surface area contributed by atoms with E-state index >= 15 is 4.79 Å². The zero-order valence-electron chi connectivity index (χ0n) is 30.5.